The molecule has 5 heteroatoms. The van der Waals surface area contributed by atoms with E-state index in [1.807, 2.05) is 13.8 Å². The maximum atomic E-state index is 12.0. The van der Waals surface area contributed by atoms with Gasteiger partial charge in [-0.15, -0.1) is 0 Å². The summed E-state index contributed by atoms with van der Waals surface area (Å²) in [6.07, 6.45) is 0. The molecule has 1 amide bonds. The van der Waals surface area contributed by atoms with Gasteiger partial charge < -0.3 is 5.32 Å². The topological polar surface area (TPSA) is 46.9 Å². The third-order valence-electron chi connectivity index (χ3n) is 2.60. The average Bonchev–Trinajstić information content (AvgIpc) is 2.70. The zero-order valence-corrected chi connectivity index (χ0v) is 11.0. The van der Waals surface area contributed by atoms with E-state index in [-0.39, 0.29) is 5.91 Å². The number of nitrogens with zero attached hydrogens (tertiary/aromatic N) is 2. The van der Waals surface area contributed by atoms with Crippen LogP contribution < -0.4 is 5.32 Å². The van der Waals surface area contributed by atoms with Gasteiger partial charge in [0.15, 0.2) is 5.69 Å². The van der Waals surface area contributed by atoms with E-state index in [9.17, 15) is 4.79 Å². The number of hydrogen-bond acceptors (Lipinski definition) is 2. The molecule has 0 aliphatic heterocycles. The molecule has 0 saturated heterocycles. The summed E-state index contributed by atoms with van der Waals surface area (Å²) in [4.78, 5) is 12.0. The maximum absolute atomic E-state index is 12.0. The summed E-state index contributed by atoms with van der Waals surface area (Å²) in [5, 5.41) is 7.57. The third kappa shape index (κ3) is 2.71. The number of carbonyl (C=O) groups excluding carboxylic acids is 1. The molecule has 4 nitrogen and oxygen atoms in total. The highest BCUT2D eigenvalue weighted by Crippen LogP contribution is 2.15. The first-order valence-electron chi connectivity index (χ1n) is 5.71. The highest BCUT2D eigenvalue weighted by Gasteiger charge is 2.11. The van der Waals surface area contributed by atoms with Crippen molar-refractivity contribution < 1.29 is 4.79 Å². The Morgan fingerprint density at radius 2 is 2.22 bits per heavy atom. The van der Waals surface area contributed by atoms with Gasteiger partial charge in [-0.25, -0.2) is 0 Å². The van der Waals surface area contributed by atoms with E-state index in [4.69, 9.17) is 11.6 Å². The summed E-state index contributed by atoms with van der Waals surface area (Å²) >= 11 is 5.86. The molecule has 94 valence electrons. The number of halogens is 1. The van der Waals surface area contributed by atoms with Crippen LogP contribution in [-0.4, -0.2) is 15.7 Å². The van der Waals surface area contributed by atoms with E-state index in [1.165, 1.54) is 0 Å². The molecule has 0 atom stereocenters. The summed E-state index contributed by atoms with van der Waals surface area (Å²) in [6, 6.07) is 8.79. The zero-order chi connectivity index (χ0) is 13.1. The van der Waals surface area contributed by atoms with Gasteiger partial charge in [-0.1, -0.05) is 17.7 Å². The SMILES string of the molecule is CCn1nc(C(=O)Nc2cccc(Cl)c2)cc1C. The molecule has 0 unspecified atom stereocenters. The first-order chi connectivity index (χ1) is 8.60. The normalized spacial score (nSPS) is 10.4. The van der Waals surface area contributed by atoms with Crippen molar-refractivity contribution in [3.63, 3.8) is 0 Å². The summed E-state index contributed by atoms with van der Waals surface area (Å²) in [5.41, 5.74) is 2.04. The van der Waals surface area contributed by atoms with Crippen molar-refractivity contribution in [3.05, 3.63) is 46.7 Å². The summed E-state index contributed by atoms with van der Waals surface area (Å²) < 4.78 is 1.78. The monoisotopic (exact) mass is 263 g/mol. The van der Waals surface area contributed by atoms with E-state index >= 15 is 0 Å². The Morgan fingerprint density at radius 1 is 1.44 bits per heavy atom. The van der Waals surface area contributed by atoms with Crippen molar-refractivity contribution in [3.8, 4) is 0 Å². The molecular formula is C13H14ClN3O. The number of rotatable bonds is 3. The van der Waals surface area contributed by atoms with Gasteiger partial charge in [0, 0.05) is 22.9 Å². The second kappa shape index (κ2) is 5.23. The van der Waals surface area contributed by atoms with E-state index in [0.717, 1.165) is 12.2 Å². The van der Waals surface area contributed by atoms with Gasteiger partial charge in [-0.2, -0.15) is 5.10 Å². The van der Waals surface area contributed by atoms with Crippen molar-refractivity contribution in [2.24, 2.45) is 0 Å². The standard InChI is InChI=1S/C13H14ClN3O/c1-3-17-9(2)7-12(16-17)13(18)15-11-6-4-5-10(14)8-11/h4-8H,3H2,1-2H3,(H,15,18). The van der Waals surface area contributed by atoms with E-state index in [0.29, 0.717) is 16.4 Å². The highest BCUT2D eigenvalue weighted by molar-refractivity contribution is 6.30. The lowest BCUT2D eigenvalue weighted by Crippen LogP contribution is -2.13. The fraction of sp³-hybridized carbons (Fsp3) is 0.231. The Hall–Kier alpha value is -1.81. The molecule has 0 bridgehead atoms. The molecular weight excluding hydrogens is 250 g/mol. The summed E-state index contributed by atoms with van der Waals surface area (Å²) in [7, 11) is 0. The number of aryl methyl sites for hydroxylation is 2. The van der Waals surface area contributed by atoms with Gasteiger partial charge in [0.1, 0.15) is 0 Å². The number of carbonyl (C=O) groups is 1. The van der Waals surface area contributed by atoms with E-state index in [2.05, 4.69) is 10.4 Å². The number of aromatic nitrogens is 2. The average molecular weight is 264 g/mol. The van der Waals surface area contributed by atoms with Crippen molar-refractivity contribution in [1.82, 2.24) is 9.78 Å². The summed E-state index contributed by atoms with van der Waals surface area (Å²) in [6.45, 7) is 4.65. The van der Waals surface area contributed by atoms with Gasteiger partial charge in [0.25, 0.3) is 5.91 Å². The Balaban J connectivity index is 2.16. The third-order valence-corrected chi connectivity index (χ3v) is 2.83. The van der Waals surface area contributed by atoms with Gasteiger partial charge >= 0.3 is 0 Å². The molecule has 0 fully saturated rings. The van der Waals surface area contributed by atoms with Gasteiger partial charge in [0.2, 0.25) is 0 Å². The number of amides is 1. The molecule has 2 rings (SSSR count). The van der Waals surface area contributed by atoms with Crippen LogP contribution >= 0.6 is 11.6 Å². The molecule has 1 aromatic heterocycles. The lowest BCUT2D eigenvalue weighted by molar-refractivity contribution is 0.102. The minimum Gasteiger partial charge on any atom is -0.321 e. The molecule has 18 heavy (non-hydrogen) atoms. The molecule has 1 heterocycles. The lowest BCUT2D eigenvalue weighted by atomic mass is 10.3. The molecule has 0 aliphatic rings. The molecule has 0 aliphatic carbocycles. The van der Waals surface area contributed by atoms with E-state index < -0.39 is 0 Å². The maximum Gasteiger partial charge on any atom is 0.276 e. The minimum atomic E-state index is -0.229. The van der Waals surface area contributed by atoms with Crippen molar-refractivity contribution in [2.45, 2.75) is 20.4 Å². The van der Waals surface area contributed by atoms with Crippen molar-refractivity contribution in [2.75, 3.05) is 5.32 Å². The van der Waals surface area contributed by atoms with Crippen LogP contribution in [0.4, 0.5) is 5.69 Å². The van der Waals surface area contributed by atoms with Crippen LogP contribution in [0.5, 0.6) is 0 Å². The number of anilines is 1. The molecule has 0 spiro atoms. The molecule has 1 N–H and O–H groups in total. The van der Waals surface area contributed by atoms with Crippen molar-refractivity contribution in [1.29, 1.82) is 0 Å². The fourth-order valence-corrected chi connectivity index (χ4v) is 1.89. The fourth-order valence-electron chi connectivity index (χ4n) is 1.70. The van der Waals surface area contributed by atoms with E-state index in [1.54, 1.807) is 35.0 Å². The first-order valence-corrected chi connectivity index (χ1v) is 6.09. The van der Waals surface area contributed by atoms with Crippen LogP contribution in [0, 0.1) is 6.92 Å². The molecule has 0 saturated carbocycles. The first kappa shape index (κ1) is 12.6. The Bertz CT molecular complexity index is 577. The number of nitrogens with one attached hydrogen (secondary N) is 1. The van der Waals surface area contributed by atoms with Gasteiger partial charge in [-0.05, 0) is 38.1 Å². The van der Waals surface area contributed by atoms with Crippen LogP contribution in [0.3, 0.4) is 0 Å². The highest BCUT2D eigenvalue weighted by atomic mass is 35.5. The molecule has 2 aromatic rings. The predicted molar refractivity (Wildman–Crippen MR) is 72.0 cm³/mol. The van der Waals surface area contributed by atoms with Gasteiger partial charge in [-0.3, -0.25) is 9.48 Å². The van der Waals surface area contributed by atoms with Gasteiger partial charge in [0.05, 0.1) is 0 Å². The quantitative estimate of drug-likeness (QED) is 0.925. The second-order valence-electron chi connectivity index (χ2n) is 3.95. The lowest BCUT2D eigenvalue weighted by Gasteiger charge is -2.03. The largest absolute Gasteiger partial charge is 0.321 e. The zero-order valence-electron chi connectivity index (χ0n) is 10.3. The number of benzene rings is 1. The Morgan fingerprint density at radius 3 is 2.83 bits per heavy atom. The second-order valence-corrected chi connectivity index (χ2v) is 4.39. The Labute approximate surface area is 111 Å². The predicted octanol–water partition coefficient (Wildman–Crippen LogP) is 3.12. The Kier molecular flexibility index (Phi) is 3.67. The van der Waals surface area contributed by atoms with Crippen LogP contribution in [0.1, 0.15) is 23.1 Å². The van der Waals surface area contributed by atoms with Crippen LogP contribution in [0.25, 0.3) is 0 Å². The van der Waals surface area contributed by atoms with Crippen LogP contribution in [0.2, 0.25) is 5.02 Å². The smallest absolute Gasteiger partial charge is 0.276 e. The minimum absolute atomic E-state index is 0.229. The molecule has 1 aromatic carbocycles. The van der Waals surface area contributed by atoms with Crippen molar-refractivity contribution >= 4 is 23.2 Å². The number of hydrogen-bond donors (Lipinski definition) is 1. The molecule has 0 radical (unpaired) electrons. The van der Waals surface area contributed by atoms with Crippen LogP contribution in [0.15, 0.2) is 30.3 Å². The van der Waals surface area contributed by atoms with Crippen LogP contribution in [-0.2, 0) is 6.54 Å². The summed E-state index contributed by atoms with van der Waals surface area (Å²) in [5.74, 6) is -0.229.